The first-order chi connectivity index (χ1) is 7.12. The van der Waals surface area contributed by atoms with Crippen molar-refractivity contribution in [3.8, 4) is 0 Å². The summed E-state index contributed by atoms with van der Waals surface area (Å²) < 4.78 is 13.5. The predicted octanol–water partition coefficient (Wildman–Crippen LogP) is 4.34. The van der Waals surface area contributed by atoms with Crippen LogP contribution in [0.3, 0.4) is 0 Å². The third-order valence-corrected chi connectivity index (χ3v) is 3.19. The maximum atomic E-state index is 13.5. The van der Waals surface area contributed by atoms with Crippen molar-refractivity contribution >= 4 is 23.2 Å². The number of hydrogen-bond acceptors (Lipinski definition) is 0. The van der Waals surface area contributed by atoms with E-state index in [0.29, 0.717) is 17.0 Å². The molecule has 1 unspecified atom stereocenters. The maximum Gasteiger partial charge on any atom is 0.128 e. The molecule has 1 aromatic rings. The van der Waals surface area contributed by atoms with Crippen molar-refractivity contribution in [3.63, 3.8) is 0 Å². The van der Waals surface area contributed by atoms with Crippen molar-refractivity contribution in [2.45, 2.75) is 11.3 Å². The van der Waals surface area contributed by atoms with Crippen LogP contribution < -0.4 is 0 Å². The van der Waals surface area contributed by atoms with E-state index in [4.69, 9.17) is 23.2 Å². The van der Waals surface area contributed by atoms with Crippen LogP contribution in [0, 0.1) is 5.82 Å². The maximum absolute atomic E-state index is 13.5. The topological polar surface area (TPSA) is 0 Å². The highest BCUT2D eigenvalue weighted by molar-refractivity contribution is 6.32. The Bertz CT molecular complexity index is 437. The van der Waals surface area contributed by atoms with E-state index in [9.17, 15) is 4.39 Å². The molecule has 2 rings (SSSR count). The van der Waals surface area contributed by atoms with Crippen LogP contribution in [0.15, 0.2) is 47.5 Å². The van der Waals surface area contributed by atoms with E-state index in [0.717, 1.165) is 0 Å². The number of alkyl halides is 1. The highest BCUT2D eigenvalue weighted by Gasteiger charge is 2.29. The Morgan fingerprint density at radius 3 is 2.60 bits per heavy atom. The molecule has 0 amide bonds. The Kier molecular flexibility index (Phi) is 2.85. The molecular formula is C12H9Cl2F. The quantitative estimate of drug-likeness (QED) is 0.643. The molecule has 0 fully saturated rings. The molecule has 3 heteroatoms. The van der Waals surface area contributed by atoms with Gasteiger partial charge in [0.05, 0.1) is 4.87 Å². The molecule has 1 aliphatic rings. The summed E-state index contributed by atoms with van der Waals surface area (Å²) in [5, 5.41) is 0.641. The Morgan fingerprint density at radius 2 is 2.00 bits per heavy atom. The Labute approximate surface area is 98.0 Å². The number of rotatable bonds is 1. The first kappa shape index (κ1) is 10.7. The first-order valence-electron chi connectivity index (χ1n) is 4.61. The second kappa shape index (κ2) is 3.99. The van der Waals surface area contributed by atoms with Gasteiger partial charge in [-0.1, -0.05) is 42.0 Å². The average Bonchev–Trinajstić information content (AvgIpc) is 2.23. The molecule has 1 aliphatic carbocycles. The number of allylic oxidation sites excluding steroid dienone is 4. The fourth-order valence-electron chi connectivity index (χ4n) is 1.59. The standard InChI is InChI=1S/C12H9Cl2F/c13-9-5-7-12(14,8-6-9)10-3-1-2-4-11(10)15/h1-7H,8H2. The summed E-state index contributed by atoms with van der Waals surface area (Å²) >= 11 is 12.1. The molecule has 15 heavy (non-hydrogen) atoms. The molecule has 0 nitrogen and oxygen atoms in total. The highest BCUT2D eigenvalue weighted by atomic mass is 35.5. The van der Waals surface area contributed by atoms with Gasteiger partial charge in [0.25, 0.3) is 0 Å². The van der Waals surface area contributed by atoms with Gasteiger partial charge in [0.2, 0.25) is 0 Å². The lowest BCUT2D eigenvalue weighted by Gasteiger charge is -2.25. The summed E-state index contributed by atoms with van der Waals surface area (Å²) in [6.45, 7) is 0. The van der Waals surface area contributed by atoms with Crippen molar-refractivity contribution in [1.82, 2.24) is 0 Å². The molecule has 0 N–H and O–H groups in total. The monoisotopic (exact) mass is 242 g/mol. The molecule has 1 aromatic carbocycles. The summed E-state index contributed by atoms with van der Waals surface area (Å²) in [6.07, 6.45) is 5.73. The summed E-state index contributed by atoms with van der Waals surface area (Å²) in [7, 11) is 0. The van der Waals surface area contributed by atoms with Crippen molar-refractivity contribution < 1.29 is 4.39 Å². The zero-order valence-electron chi connectivity index (χ0n) is 7.88. The van der Waals surface area contributed by atoms with E-state index in [1.165, 1.54) is 6.07 Å². The second-order valence-corrected chi connectivity index (χ2v) is 4.58. The van der Waals surface area contributed by atoms with Crippen molar-refractivity contribution in [1.29, 1.82) is 0 Å². The zero-order valence-corrected chi connectivity index (χ0v) is 9.39. The Hall–Kier alpha value is -0.790. The van der Waals surface area contributed by atoms with Gasteiger partial charge in [0.1, 0.15) is 5.82 Å². The van der Waals surface area contributed by atoms with Crippen LogP contribution in [0.2, 0.25) is 0 Å². The lowest BCUT2D eigenvalue weighted by atomic mass is 9.91. The van der Waals surface area contributed by atoms with Gasteiger partial charge in [0.15, 0.2) is 0 Å². The fraction of sp³-hybridized carbons (Fsp3) is 0.167. The molecule has 0 spiro atoms. The molecule has 78 valence electrons. The number of hydrogen-bond donors (Lipinski definition) is 0. The van der Waals surface area contributed by atoms with E-state index >= 15 is 0 Å². The van der Waals surface area contributed by atoms with Crippen LogP contribution in [0.5, 0.6) is 0 Å². The molecule has 0 radical (unpaired) electrons. The SMILES string of the molecule is Fc1ccccc1C1(Cl)C=CC(Cl)=CC1. The van der Waals surface area contributed by atoms with Crippen LogP contribution in [-0.2, 0) is 4.87 Å². The first-order valence-corrected chi connectivity index (χ1v) is 5.36. The smallest absolute Gasteiger partial charge is 0.128 e. The van der Waals surface area contributed by atoms with Gasteiger partial charge in [-0.3, -0.25) is 0 Å². The van der Waals surface area contributed by atoms with Gasteiger partial charge >= 0.3 is 0 Å². The summed E-state index contributed by atoms with van der Waals surface area (Å²) in [4.78, 5) is -0.802. The van der Waals surface area contributed by atoms with Crippen LogP contribution in [0.4, 0.5) is 4.39 Å². The predicted molar refractivity (Wildman–Crippen MR) is 61.6 cm³/mol. The van der Waals surface area contributed by atoms with Gasteiger partial charge in [-0.15, -0.1) is 11.6 Å². The minimum atomic E-state index is -0.802. The molecule has 0 saturated heterocycles. The third kappa shape index (κ3) is 2.09. The lowest BCUT2D eigenvalue weighted by molar-refractivity contribution is 0.585. The van der Waals surface area contributed by atoms with E-state index in [2.05, 4.69) is 0 Å². The van der Waals surface area contributed by atoms with Gasteiger partial charge in [-0.05, 0) is 18.6 Å². The van der Waals surface area contributed by atoms with Crippen molar-refractivity contribution in [2.24, 2.45) is 0 Å². The number of halogens is 3. The summed E-state index contributed by atoms with van der Waals surface area (Å²) in [6, 6.07) is 6.53. The fourth-order valence-corrected chi connectivity index (χ4v) is 2.03. The summed E-state index contributed by atoms with van der Waals surface area (Å²) in [5.41, 5.74) is 0.489. The van der Waals surface area contributed by atoms with Crippen molar-refractivity contribution in [2.75, 3.05) is 0 Å². The van der Waals surface area contributed by atoms with Gasteiger partial charge in [0, 0.05) is 10.6 Å². The zero-order chi connectivity index (χ0) is 10.9. The van der Waals surface area contributed by atoms with Crippen molar-refractivity contribution in [3.05, 3.63) is 58.9 Å². The van der Waals surface area contributed by atoms with Crippen LogP contribution in [0.25, 0.3) is 0 Å². The Balaban J connectivity index is 2.40. The molecule has 0 aliphatic heterocycles. The largest absolute Gasteiger partial charge is 0.207 e. The van der Waals surface area contributed by atoms with E-state index in [1.54, 1.807) is 36.4 Å². The molecule has 0 aromatic heterocycles. The molecule has 0 saturated carbocycles. The molecule has 1 atom stereocenters. The van der Waals surface area contributed by atoms with E-state index in [-0.39, 0.29) is 5.82 Å². The minimum absolute atomic E-state index is 0.288. The number of benzene rings is 1. The van der Waals surface area contributed by atoms with Gasteiger partial charge in [-0.25, -0.2) is 4.39 Å². The van der Waals surface area contributed by atoms with E-state index < -0.39 is 4.87 Å². The van der Waals surface area contributed by atoms with Crippen LogP contribution in [0.1, 0.15) is 12.0 Å². The normalized spacial score (nSPS) is 25.1. The van der Waals surface area contributed by atoms with Gasteiger partial charge < -0.3 is 0 Å². The van der Waals surface area contributed by atoms with Crippen LogP contribution in [-0.4, -0.2) is 0 Å². The minimum Gasteiger partial charge on any atom is -0.207 e. The third-order valence-electron chi connectivity index (χ3n) is 2.42. The second-order valence-electron chi connectivity index (χ2n) is 3.47. The highest BCUT2D eigenvalue weighted by Crippen LogP contribution is 2.39. The van der Waals surface area contributed by atoms with E-state index in [1.807, 2.05) is 0 Å². The molecular weight excluding hydrogens is 234 g/mol. The lowest BCUT2D eigenvalue weighted by Crippen LogP contribution is -2.18. The van der Waals surface area contributed by atoms with Gasteiger partial charge in [-0.2, -0.15) is 0 Å². The molecule has 0 bridgehead atoms. The molecule has 0 heterocycles. The summed E-state index contributed by atoms with van der Waals surface area (Å²) in [5.74, 6) is -0.288. The van der Waals surface area contributed by atoms with Crippen LogP contribution >= 0.6 is 23.2 Å². The average molecular weight is 243 g/mol. The Morgan fingerprint density at radius 1 is 1.27 bits per heavy atom.